The molecule has 2 rings (SSSR count). The molecule has 2 aromatic carbocycles. The normalized spacial score (nSPS) is 10.2. The second-order valence-corrected chi connectivity index (χ2v) is 6.41. The van der Waals surface area contributed by atoms with Gasteiger partial charge in [0, 0.05) is 24.4 Å². The van der Waals surface area contributed by atoms with E-state index in [1.807, 2.05) is 0 Å². The lowest BCUT2D eigenvalue weighted by molar-refractivity contribution is -0.118. The quantitative estimate of drug-likeness (QED) is 0.529. The first-order valence-corrected chi connectivity index (χ1v) is 9.17. The molecule has 0 spiro atoms. The zero-order chi connectivity index (χ0) is 20.4. The van der Waals surface area contributed by atoms with Crippen LogP contribution in [0, 0.1) is 0 Å². The summed E-state index contributed by atoms with van der Waals surface area (Å²) in [5, 5.41) is 5.96. The van der Waals surface area contributed by atoms with Crippen LogP contribution in [0.5, 0.6) is 5.75 Å². The van der Waals surface area contributed by atoms with Crippen LogP contribution in [0.3, 0.4) is 0 Å². The lowest BCUT2D eigenvalue weighted by Gasteiger charge is -2.11. The van der Waals surface area contributed by atoms with Crippen molar-refractivity contribution in [3.05, 3.63) is 59.1 Å². The van der Waals surface area contributed by atoms with E-state index in [0.717, 1.165) is 0 Å². The number of nitrogens with two attached hydrogens (primary N) is 1. The molecule has 148 valence electrons. The van der Waals surface area contributed by atoms with Gasteiger partial charge in [0.15, 0.2) is 0 Å². The molecule has 0 heterocycles. The summed E-state index contributed by atoms with van der Waals surface area (Å²) in [6.07, 6.45) is 0.806. The maximum absolute atomic E-state index is 12.2. The summed E-state index contributed by atoms with van der Waals surface area (Å²) in [6, 6.07) is 13.6. The van der Waals surface area contributed by atoms with Crippen molar-refractivity contribution in [2.45, 2.75) is 19.3 Å². The highest BCUT2D eigenvalue weighted by molar-refractivity contribution is 6.30. The predicted octanol–water partition coefficient (Wildman–Crippen LogP) is 2.74. The van der Waals surface area contributed by atoms with Crippen molar-refractivity contribution in [2.75, 3.05) is 18.5 Å². The van der Waals surface area contributed by atoms with Gasteiger partial charge in [-0.3, -0.25) is 14.4 Å². The lowest BCUT2D eigenvalue weighted by atomic mass is 10.1. The summed E-state index contributed by atoms with van der Waals surface area (Å²) in [6.45, 7) is 0.517. The third-order valence-electron chi connectivity index (χ3n) is 3.73. The lowest BCUT2D eigenvalue weighted by Crippen LogP contribution is -2.28. The van der Waals surface area contributed by atoms with Crippen LogP contribution in [0.2, 0.25) is 5.02 Å². The number of benzene rings is 2. The van der Waals surface area contributed by atoms with Crippen LogP contribution in [-0.2, 0) is 9.59 Å². The molecule has 0 aliphatic carbocycles. The van der Waals surface area contributed by atoms with E-state index >= 15 is 0 Å². The molecule has 0 saturated carbocycles. The first-order valence-electron chi connectivity index (χ1n) is 8.79. The monoisotopic (exact) mass is 403 g/mol. The smallest absolute Gasteiger partial charge is 0.253 e. The van der Waals surface area contributed by atoms with Crippen molar-refractivity contribution in [1.82, 2.24) is 5.32 Å². The Balaban J connectivity index is 1.80. The van der Waals surface area contributed by atoms with Crippen LogP contribution in [-0.4, -0.2) is 30.9 Å². The molecule has 0 unspecified atom stereocenters. The molecule has 8 heteroatoms. The van der Waals surface area contributed by atoms with Gasteiger partial charge in [-0.15, -0.1) is 0 Å². The summed E-state index contributed by atoms with van der Waals surface area (Å²) in [7, 11) is 0. The van der Waals surface area contributed by atoms with Gasteiger partial charge in [-0.2, -0.15) is 0 Å². The van der Waals surface area contributed by atoms with Gasteiger partial charge in [0.2, 0.25) is 11.8 Å². The third-order valence-corrected chi connectivity index (χ3v) is 3.99. The highest BCUT2D eigenvalue weighted by Gasteiger charge is 2.13. The van der Waals surface area contributed by atoms with Gasteiger partial charge in [-0.25, -0.2) is 0 Å². The number of carbonyl (C=O) groups excluding carboxylic acids is 3. The molecular formula is C20H22ClN3O4. The molecule has 3 amide bonds. The fourth-order valence-electron chi connectivity index (χ4n) is 2.35. The van der Waals surface area contributed by atoms with Crippen molar-refractivity contribution < 1.29 is 19.1 Å². The summed E-state index contributed by atoms with van der Waals surface area (Å²) >= 11 is 5.81. The highest BCUT2D eigenvalue weighted by Crippen LogP contribution is 2.17. The number of amides is 3. The van der Waals surface area contributed by atoms with Gasteiger partial charge >= 0.3 is 0 Å². The number of rotatable bonds is 10. The molecule has 0 atom stereocenters. The highest BCUT2D eigenvalue weighted by atomic mass is 35.5. The average molecular weight is 404 g/mol. The Labute approximate surface area is 168 Å². The topological polar surface area (TPSA) is 111 Å². The van der Waals surface area contributed by atoms with E-state index in [4.69, 9.17) is 22.1 Å². The number of primary amides is 1. The molecule has 0 bridgehead atoms. The first-order chi connectivity index (χ1) is 13.5. The number of hydrogen-bond acceptors (Lipinski definition) is 4. The van der Waals surface area contributed by atoms with Gasteiger partial charge in [0.1, 0.15) is 5.75 Å². The molecule has 0 aromatic heterocycles. The van der Waals surface area contributed by atoms with Gasteiger partial charge in [0.25, 0.3) is 5.91 Å². The summed E-state index contributed by atoms with van der Waals surface area (Å²) in [4.78, 5) is 35.2. The van der Waals surface area contributed by atoms with E-state index in [0.29, 0.717) is 35.1 Å². The Morgan fingerprint density at radius 2 is 1.71 bits per heavy atom. The van der Waals surface area contributed by atoms with E-state index in [1.165, 1.54) is 0 Å². The Bertz CT molecular complexity index is 824. The van der Waals surface area contributed by atoms with Crippen LogP contribution >= 0.6 is 11.6 Å². The van der Waals surface area contributed by atoms with Crippen molar-refractivity contribution in [3.63, 3.8) is 0 Å². The fraction of sp³-hybridized carbons (Fsp3) is 0.250. The van der Waals surface area contributed by atoms with Gasteiger partial charge in [-0.1, -0.05) is 23.7 Å². The molecule has 0 aliphatic heterocycles. The fourth-order valence-corrected chi connectivity index (χ4v) is 2.48. The Morgan fingerprint density at radius 1 is 1.00 bits per heavy atom. The van der Waals surface area contributed by atoms with E-state index in [-0.39, 0.29) is 31.2 Å². The standard InChI is InChI=1S/C20H22ClN3O4/c21-14-7-9-15(10-8-14)28-13-3-6-19(26)24-17-5-2-1-4-16(17)20(27)23-12-11-18(22)25/h1-2,4-5,7-10H,3,6,11-13H2,(H2,22,25)(H,23,27)(H,24,26). The van der Waals surface area contributed by atoms with Crippen molar-refractivity contribution in [1.29, 1.82) is 0 Å². The average Bonchev–Trinajstić information content (AvgIpc) is 2.66. The van der Waals surface area contributed by atoms with E-state index in [1.54, 1.807) is 48.5 Å². The summed E-state index contributed by atoms with van der Waals surface area (Å²) < 4.78 is 5.55. The molecular weight excluding hydrogens is 382 g/mol. The molecule has 4 N–H and O–H groups in total. The summed E-state index contributed by atoms with van der Waals surface area (Å²) in [5.74, 6) is -0.425. The molecule has 28 heavy (non-hydrogen) atoms. The number of hydrogen-bond donors (Lipinski definition) is 3. The first kappa shape index (κ1) is 21.2. The van der Waals surface area contributed by atoms with Crippen molar-refractivity contribution >= 4 is 35.0 Å². The van der Waals surface area contributed by atoms with Gasteiger partial charge < -0.3 is 21.1 Å². The second kappa shape index (κ2) is 10.9. The van der Waals surface area contributed by atoms with E-state index in [9.17, 15) is 14.4 Å². The number of anilines is 1. The number of ether oxygens (including phenoxy) is 1. The Kier molecular flexibility index (Phi) is 8.30. The number of halogens is 1. The van der Waals surface area contributed by atoms with Crippen molar-refractivity contribution in [2.24, 2.45) is 5.73 Å². The summed E-state index contributed by atoms with van der Waals surface area (Å²) in [5.41, 5.74) is 5.77. The molecule has 0 aliphatic rings. The maximum atomic E-state index is 12.2. The zero-order valence-electron chi connectivity index (χ0n) is 15.2. The molecule has 2 aromatic rings. The number of para-hydroxylation sites is 1. The largest absolute Gasteiger partial charge is 0.494 e. The van der Waals surface area contributed by atoms with E-state index in [2.05, 4.69) is 10.6 Å². The van der Waals surface area contributed by atoms with Crippen LogP contribution in [0.1, 0.15) is 29.6 Å². The number of nitrogens with one attached hydrogen (secondary N) is 2. The minimum Gasteiger partial charge on any atom is -0.494 e. The van der Waals surface area contributed by atoms with Crippen LogP contribution < -0.4 is 21.1 Å². The molecule has 0 saturated heterocycles. The van der Waals surface area contributed by atoms with Crippen LogP contribution in [0.15, 0.2) is 48.5 Å². The van der Waals surface area contributed by atoms with Gasteiger partial charge in [0.05, 0.1) is 17.9 Å². The SMILES string of the molecule is NC(=O)CCNC(=O)c1ccccc1NC(=O)CCCOc1ccc(Cl)cc1. The Hall–Kier alpha value is -3.06. The minimum absolute atomic E-state index is 0.0495. The molecule has 7 nitrogen and oxygen atoms in total. The predicted molar refractivity (Wildman–Crippen MR) is 107 cm³/mol. The van der Waals surface area contributed by atoms with Crippen LogP contribution in [0.4, 0.5) is 5.69 Å². The zero-order valence-corrected chi connectivity index (χ0v) is 16.0. The molecule has 0 fully saturated rings. The Morgan fingerprint density at radius 3 is 2.43 bits per heavy atom. The van der Waals surface area contributed by atoms with Crippen LogP contribution in [0.25, 0.3) is 0 Å². The second-order valence-electron chi connectivity index (χ2n) is 5.97. The van der Waals surface area contributed by atoms with Gasteiger partial charge in [-0.05, 0) is 42.8 Å². The maximum Gasteiger partial charge on any atom is 0.253 e. The minimum atomic E-state index is -0.497. The number of carbonyl (C=O) groups is 3. The van der Waals surface area contributed by atoms with Crippen molar-refractivity contribution in [3.8, 4) is 5.75 Å². The third kappa shape index (κ3) is 7.28. The molecule has 0 radical (unpaired) electrons. The van der Waals surface area contributed by atoms with E-state index < -0.39 is 5.91 Å².